The van der Waals surface area contributed by atoms with Crippen LogP contribution in [-0.2, 0) is 11.3 Å². The van der Waals surface area contributed by atoms with Crippen molar-refractivity contribution in [2.45, 2.75) is 19.4 Å². The lowest BCUT2D eigenvalue weighted by atomic mass is 10.2. The predicted molar refractivity (Wildman–Crippen MR) is 88.4 cm³/mol. The monoisotopic (exact) mass is 302 g/mol. The standard InChI is InChI=1S/C17H26N4O/c18-16-5-3-15(4-6-16)13-19-9-11-20(12-10-19)14-17(22)21-7-1-2-8-21/h3-6H,1-2,7-14,18H2. The minimum absolute atomic E-state index is 0.310. The first-order valence-corrected chi connectivity index (χ1v) is 8.27. The van der Waals surface area contributed by atoms with Gasteiger partial charge < -0.3 is 10.6 Å². The van der Waals surface area contributed by atoms with Crippen LogP contribution in [0.25, 0.3) is 0 Å². The zero-order chi connectivity index (χ0) is 15.4. The first-order valence-electron chi connectivity index (χ1n) is 8.27. The van der Waals surface area contributed by atoms with E-state index in [1.165, 1.54) is 18.4 Å². The molecule has 0 unspecified atom stereocenters. The van der Waals surface area contributed by atoms with Crippen LogP contribution in [0.15, 0.2) is 24.3 Å². The number of benzene rings is 1. The van der Waals surface area contributed by atoms with Crippen molar-refractivity contribution in [1.82, 2.24) is 14.7 Å². The summed E-state index contributed by atoms with van der Waals surface area (Å²) in [6.45, 7) is 7.48. The van der Waals surface area contributed by atoms with Gasteiger partial charge in [-0.2, -0.15) is 0 Å². The maximum absolute atomic E-state index is 12.2. The molecule has 1 aromatic carbocycles. The number of carbonyl (C=O) groups is 1. The molecule has 5 heteroatoms. The minimum atomic E-state index is 0.310. The maximum Gasteiger partial charge on any atom is 0.236 e. The molecule has 0 atom stereocenters. The Balaban J connectivity index is 1.42. The summed E-state index contributed by atoms with van der Waals surface area (Å²) in [7, 11) is 0. The molecule has 120 valence electrons. The fraction of sp³-hybridized carbons (Fsp3) is 0.588. The van der Waals surface area contributed by atoms with E-state index in [1.807, 2.05) is 17.0 Å². The molecular formula is C17H26N4O. The number of nitrogens with zero attached hydrogens (tertiary/aromatic N) is 3. The third-order valence-electron chi connectivity index (χ3n) is 4.67. The SMILES string of the molecule is Nc1ccc(CN2CCN(CC(=O)N3CCCC3)CC2)cc1. The maximum atomic E-state index is 12.2. The van der Waals surface area contributed by atoms with Gasteiger partial charge >= 0.3 is 0 Å². The largest absolute Gasteiger partial charge is 0.399 e. The van der Waals surface area contributed by atoms with E-state index in [0.29, 0.717) is 12.5 Å². The number of rotatable bonds is 4. The zero-order valence-electron chi connectivity index (χ0n) is 13.2. The molecule has 0 saturated carbocycles. The highest BCUT2D eigenvalue weighted by Crippen LogP contribution is 2.12. The summed E-state index contributed by atoms with van der Waals surface area (Å²) in [5.41, 5.74) is 7.84. The molecule has 2 N–H and O–H groups in total. The van der Waals surface area contributed by atoms with Gasteiger partial charge in [-0.05, 0) is 30.5 Å². The predicted octanol–water partition coefficient (Wildman–Crippen LogP) is 1.01. The number of amides is 1. The number of likely N-dealkylation sites (tertiary alicyclic amines) is 1. The number of anilines is 1. The molecule has 1 amide bonds. The lowest BCUT2D eigenvalue weighted by Crippen LogP contribution is -2.49. The van der Waals surface area contributed by atoms with Crippen LogP contribution >= 0.6 is 0 Å². The smallest absolute Gasteiger partial charge is 0.236 e. The molecule has 0 spiro atoms. The Morgan fingerprint density at radius 3 is 2.14 bits per heavy atom. The Morgan fingerprint density at radius 2 is 1.50 bits per heavy atom. The first-order chi connectivity index (χ1) is 10.7. The molecule has 0 aromatic heterocycles. The van der Waals surface area contributed by atoms with E-state index >= 15 is 0 Å². The van der Waals surface area contributed by atoms with E-state index < -0.39 is 0 Å². The van der Waals surface area contributed by atoms with Gasteiger partial charge in [0.15, 0.2) is 0 Å². The van der Waals surface area contributed by atoms with E-state index in [-0.39, 0.29) is 0 Å². The number of nitrogen functional groups attached to an aromatic ring is 1. The van der Waals surface area contributed by atoms with Gasteiger partial charge in [-0.15, -0.1) is 0 Å². The van der Waals surface area contributed by atoms with Gasteiger partial charge in [0.2, 0.25) is 5.91 Å². The molecular weight excluding hydrogens is 276 g/mol. The van der Waals surface area contributed by atoms with E-state index in [0.717, 1.165) is 51.5 Å². The van der Waals surface area contributed by atoms with Crippen molar-refractivity contribution in [3.05, 3.63) is 29.8 Å². The third-order valence-corrected chi connectivity index (χ3v) is 4.67. The highest BCUT2D eigenvalue weighted by atomic mass is 16.2. The fourth-order valence-corrected chi connectivity index (χ4v) is 3.24. The van der Waals surface area contributed by atoms with Crippen molar-refractivity contribution in [3.8, 4) is 0 Å². The van der Waals surface area contributed by atoms with Crippen LogP contribution < -0.4 is 5.73 Å². The Kier molecular flexibility index (Phi) is 4.95. The lowest BCUT2D eigenvalue weighted by Gasteiger charge is -2.35. The van der Waals surface area contributed by atoms with Gasteiger partial charge in [-0.1, -0.05) is 12.1 Å². The van der Waals surface area contributed by atoms with Crippen molar-refractivity contribution < 1.29 is 4.79 Å². The molecule has 1 aromatic rings. The van der Waals surface area contributed by atoms with Crippen molar-refractivity contribution in [2.24, 2.45) is 0 Å². The summed E-state index contributed by atoms with van der Waals surface area (Å²) in [4.78, 5) is 18.9. The van der Waals surface area contributed by atoms with Crippen LogP contribution in [0.2, 0.25) is 0 Å². The quantitative estimate of drug-likeness (QED) is 0.844. The molecule has 3 rings (SSSR count). The number of carbonyl (C=O) groups excluding carboxylic acids is 1. The number of nitrogens with two attached hydrogens (primary N) is 1. The van der Waals surface area contributed by atoms with Crippen LogP contribution in [0.4, 0.5) is 5.69 Å². The molecule has 2 aliphatic rings. The van der Waals surface area contributed by atoms with E-state index in [1.54, 1.807) is 0 Å². The topological polar surface area (TPSA) is 52.8 Å². The van der Waals surface area contributed by atoms with Crippen LogP contribution in [0.5, 0.6) is 0 Å². The van der Waals surface area contributed by atoms with Crippen LogP contribution in [-0.4, -0.2) is 66.4 Å². The normalized spacial score (nSPS) is 20.5. The van der Waals surface area contributed by atoms with Gasteiger partial charge in [-0.25, -0.2) is 0 Å². The molecule has 2 saturated heterocycles. The average Bonchev–Trinajstić information content (AvgIpc) is 3.06. The average molecular weight is 302 g/mol. The summed E-state index contributed by atoms with van der Waals surface area (Å²) in [5, 5.41) is 0. The Hall–Kier alpha value is -1.59. The van der Waals surface area contributed by atoms with Crippen molar-refractivity contribution in [3.63, 3.8) is 0 Å². The summed E-state index contributed by atoms with van der Waals surface area (Å²) in [6, 6.07) is 8.11. The van der Waals surface area contributed by atoms with E-state index in [2.05, 4.69) is 21.9 Å². The van der Waals surface area contributed by atoms with Crippen molar-refractivity contribution in [1.29, 1.82) is 0 Å². The van der Waals surface area contributed by atoms with Crippen LogP contribution in [0.1, 0.15) is 18.4 Å². The number of hydrogen-bond acceptors (Lipinski definition) is 4. The summed E-state index contributed by atoms with van der Waals surface area (Å²) in [6.07, 6.45) is 2.34. The van der Waals surface area contributed by atoms with Gasteiger partial charge in [0, 0.05) is 51.5 Å². The van der Waals surface area contributed by atoms with Gasteiger partial charge in [0.25, 0.3) is 0 Å². The second-order valence-corrected chi connectivity index (χ2v) is 6.38. The van der Waals surface area contributed by atoms with Gasteiger partial charge in [0.1, 0.15) is 0 Å². The fourth-order valence-electron chi connectivity index (χ4n) is 3.24. The molecule has 2 fully saturated rings. The minimum Gasteiger partial charge on any atom is -0.399 e. The third kappa shape index (κ3) is 3.99. The zero-order valence-corrected chi connectivity index (χ0v) is 13.2. The van der Waals surface area contributed by atoms with Crippen molar-refractivity contribution in [2.75, 3.05) is 51.5 Å². The molecule has 0 radical (unpaired) electrons. The highest BCUT2D eigenvalue weighted by molar-refractivity contribution is 5.78. The molecule has 5 nitrogen and oxygen atoms in total. The Labute approximate surface area is 132 Å². The lowest BCUT2D eigenvalue weighted by molar-refractivity contribution is -0.131. The number of piperazine rings is 1. The van der Waals surface area contributed by atoms with Crippen LogP contribution in [0, 0.1) is 0 Å². The second-order valence-electron chi connectivity index (χ2n) is 6.38. The Bertz CT molecular complexity index is 488. The molecule has 2 heterocycles. The summed E-state index contributed by atoms with van der Waals surface area (Å²) >= 11 is 0. The van der Waals surface area contributed by atoms with Crippen molar-refractivity contribution >= 4 is 11.6 Å². The Morgan fingerprint density at radius 1 is 0.909 bits per heavy atom. The molecule has 2 aliphatic heterocycles. The van der Waals surface area contributed by atoms with Gasteiger partial charge in [0.05, 0.1) is 6.54 Å². The molecule has 0 aliphatic carbocycles. The highest BCUT2D eigenvalue weighted by Gasteiger charge is 2.23. The second kappa shape index (κ2) is 7.11. The molecule has 22 heavy (non-hydrogen) atoms. The summed E-state index contributed by atoms with van der Waals surface area (Å²) in [5.74, 6) is 0.310. The van der Waals surface area contributed by atoms with E-state index in [9.17, 15) is 4.79 Å². The van der Waals surface area contributed by atoms with Crippen LogP contribution in [0.3, 0.4) is 0 Å². The first kappa shape index (κ1) is 15.3. The molecule has 0 bridgehead atoms. The number of hydrogen-bond donors (Lipinski definition) is 1. The van der Waals surface area contributed by atoms with E-state index in [4.69, 9.17) is 5.73 Å². The van der Waals surface area contributed by atoms with Gasteiger partial charge in [-0.3, -0.25) is 14.6 Å². The summed E-state index contributed by atoms with van der Waals surface area (Å²) < 4.78 is 0.